The van der Waals surface area contributed by atoms with Gasteiger partial charge < -0.3 is 10.0 Å². The first-order chi connectivity index (χ1) is 8.66. The molecule has 1 amide bonds. The Labute approximate surface area is 114 Å². The van der Waals surface area contributed by atoms with E-state index >= 15 is 0 Å². The van der Waals surface area contributed by atoms with Crippen LogP contribution < -0.4 is 0 Å². The Hall–Kier alpha value is -1.01. The molecule has 1 unspecified atom stereocenters. The zero-order valence-electron chi connectivity index (χ0n) is 9.87. The van der Waals surface area contributed by atoms with E-state index in [2.05, 4.69) is 0 Å². The fourth-order valence-electron chi connectivity index (χ4n) is 2.02. The molecule has 1 aliphatic heterocycles. The number of rotatable bonds is 4. The van der Waals surface area contributed by atoms with Crippen LogP contribution in [0.15, 0.2) is 16.8 Å². The average Bonchev–Trinajstić information content (AvgIpc) is 2.81. The molecule has 0 aliphatic carbocycles. The van der Waals surface area contributed by atoms with Gasteiger partial charge in [0.25, 0.3) is 0 Å². The Morgan fingerprint density at radius 2 is 2.33 bits per heavy atom. The summed E-state index contributed by atoms with van der Waals surface area (Å²) in [7, 11) is 0. The second-order valence-corrected chi connectivity index (χ2v) is 6.15. The summed E-state index contributed by atoms with van der Waals surface area (Å²) in [6.07, 6.45) is 0.423. The molecule has 1 fully saturated rings. The van der Waals surface area contributed by atoms with Crippen molar-refractivity contribution in [1.29, 1.82) is 0 Å². The van der Waals surface area contributed by atoms with Crippen LogP contribution in [0.4, 0.5) is 0 Å². The lowest BCUT2D eigenvalue weighted by Crippen LogP contribution is -2.47. The van der Waals surface area contributed by atoms with Crippen molar-refractivity contribution >= 4 is 35.0 Å². The molecule has 18 heavy (non-hydrogen) atoms. The number of carboxylic acids is 1. The van der Waals surface area contributed by atoms with E-state index in [9.17, 15) is 9.59 Å². The summed E-state index contributed by atoms with van der Waals surface area (Å²) in [5.41, 5.74) is 1.01. The molecule has 0 spiro atoms. The maximum atomic E-state index is 12.2. The molecule has 6 heteroatoms. The molecular formula is C12H15NO3S2. The topological polar surface area (TPSA) is 57.6 Å². The van der Waals surface area contributed by atoms with Gasteiger partial charge in [-0.3, -0.25) is 9.59 Å². The summed E-state index contributed by atoms with van der Waals surface area (Å²) in [5.74, 6) is 0.823. The fraction of sp³-hybridized carbons (Fsp3) is 0.500. The number of carbonyl (C=O) groups excluding carboxylic acids is 1. The van der Waals surface area contributed by atoms with Crippen molar-refractivity contribution in [3.63, 3.8) is 0 Å². The van der Waals surface area contributed by atoms with Crippen LogP contribution in [0.1, 0.15) is 12.0 Å². The third-order valence-electron chi connectivity index (χ3n) is 2.89. The van der Waals surface area contributed by atoms with Gasteiger partial charge >= 0.3 is 5.97 Å². The first kappa shape index (κ1) is 13.4. The quantitative estimate of drug-likeness (QED) is 0.915. The van der Waals surface area contributed by atoms with E-state index in [1.54, 1.807) is 28.0 Å². The largest absolute Gasteiger partial charge is 0.481 e. The first-order valence-corrected chi connectivity index (χ1v) is 7.86. The molecule has 2 rings (SSSR count). The highest BCUT2D eigenvalue weighted by Gasteiger charge is 2.28. The number of aliphatic carboxylic acids is 1. The molecule has 98 valence electrons. The molecule has 0 bridgehead atoms. The van der Waals surface area contributed by atoms with Crippen molar-refractivity contribution in [3.05, 3.63) is 22.4 Å². The Balaban J connectivity index is 1.99. The zero-order valence-corrected chi connectivity index (χ0v) is 11.5. The van der Waals surface area contributed by atoms with Crippen molar-refractivity contribution in [2.45, 2.75) is 18.9 Å². The van der Waals surface area contributed by atoms with E-state index in [4.69, 9.17) is 5.11 Å². The predicted octanol–water partition coefficient (Wildman–Crippen LogP) is 1.71. The monoisotopic (exact) mass is 285 g/mol. The number of carboxylic acid groups (broad SMARTS) is 1. The van der Waals surface area contributed by atoms with Gasteiger partial charge in [0.05, 0.1) is 18.9 Å². The second-order valence-electron chi connectivity index (χ2n) is 4.22. The van der Waals surface area contributed by atoms with E-state index in [-0.39, 0.29) is 18.4 Å². The van der Waals surface area contributed by atoms with Crippen LogP contribution in [0.25, 0.3) is 0 Å². The van der Waals surface area contributed by atoms with Crippen LogP contribution in [0.5, 0.6) is 0 Å². The molecule has 1 aromatic rings. The maximum absolute atomic E-state index is 12.2. The first-order valence-electron chi connectivity index (χ1n) is 5.77. The Morgan fingerprint density at radius 1 is 1.50 bits per heavy atom. The molecule has 0 saturated carbocycles. The minimum Gasteiger partial charge on any atom is -0.481 e. The van der Waals surface area contributed by atoms with Gasteiger partial charge in [-0.1, -0.05) is 0 Å². The van der Waals surface area contributed by atoms with Crippen LogP contribution in [-0.4, -0.2) is 46.0 Å². The number of nitrogens with zero attached hydrogens (tertiary/aromatic N) is 1. The molecule has 0 aromatic carbocycles. The van der Waals surface area contributed by atoms with Gasteiger partial charge in [0.15, 0.2) is 0 Å². The van der Waals surface area contributed by atoms with Crippen molar-refractivity contribution in [3.8, 4) is 0 Å². The molecule has 4 nitrogen and oxygen atoms in total. The third-order valence-corrected chi connectivity index (χ3v) is 4.72. The maximum Gasteiger partial charge on any atom is 0.305 e. The molecule has 0 radical (unpaired) electrons. The van der Waals surface area contributed by atoms with Gasteiger partial charge in [0.2, 0.25) is 5.91 Å². The second kappa shape index (κ2) is 6.24. The van der Waals surface area contributed by atoms with Crippen LogP contribution >= 0.6 is 23.1 Å². The zero-order chi connectivity index (χ0) is 13.0. The van der Waals surface area contributed by atoms with E-state index in [1.807, 2.05) is 16.8 Å². The SMILES string of the molecule is O=C(O)CC1CSCCN1C(=O)Cc1ccsc1. The Kier molecular flexibility index (Phi) is 4.66. The highest BCUT2D eigenvalue weighted by atomic mass is 32.2. The Bertz CT molecular complexity index is 419. The molecule has 2 heterocycles. The van der Waals surface area contributed by atoms with E-state index in [1.165, 1.54) is 0 Å². The van der Waals surface area contributed by atoms with Gasteiger partial charge in [-0.05, 0) is 22.4 Å². The molecule has 1 aromatic heterocycles. The van der Waals surface area contributed by atoms with Gasteiger partial charge in [0, 0.05) is 18.1 Å². The van der Waals surface area contributed by atoms with Crippen LogP contribution in [0.2, 0.25) is 0 Å². The van der Waals surface area contributed by atoms with Crippen LogP contribution in [0, 0.1) is 0 Å². The fourth-order valence-corrected chi connectivity index (χ4v) is 3.75. The summed E-state index contributed by atoms with van der Waals surface area (Å²) >= 11 is 3.29. The number of thioether (sulfide) groups is 1. The van der Waals surface area contributed by atoms with Gasteiger partial charge in [-0.15, -0.1) is 0 Å². The number of hydrogen-bond acceptors (Lipinski definition) is 4. The minimum absolute atomic E-state index is 0.0416. The average molecular weight is 285 g/mol. The van der Waals surface area contributed by atoms with Crippen LogP contribution in [-0.2, 0) is 16.0 Å². The predicted molar refractivity (Wildman–Crippen MR) is 73.1 cm³/mol. The highest BCUT2D eigenvalue weighted by molar-refractivity contribution is 7.99. The van der Waals surface area contributed by atoms with Crippen molar-refractivity contribution in [2.24, 2.45) is 0 Å². The highest BCUT2D eigenvalue weighted by Crippen LogP contribution is 2.20. The number of thiophene rings is 1. The van der Waals surface area contributed by atoms with Gasteiger partial charge in [-0.25, -0.2) is 0 Å². The smallest absolute Gasteiger partial charge is 0.305 e. The number of hydrogen-bond donors (Lipinski definition) is 1. The molecule has 1 atom stereocenters. The van der Waals surface area contributed by atoms with Crippen LogP contribution in [0.3, 0.4) is 0 Å². The van der Waals surface area contributed by atoms with E-state index in [0.717, 1.165) is 17.1 Å². The van der Waals surface area contributed by atoms with Crippen molar-refractivity contribution < 1.29 is 14.7 Å². The molecule has 1 saturated heterocycles. The van der Waals surface area contributed by atoms with Gasteiger partial charge in [0.1, 0.15) is 0 Å². The summed E-state index contributed by atoms with van der Waals surface area (Å²) in [6, 6.07) is 1.78. The molecule has 1 N–H and O–H groups in total. The van der Waals surface area contributed by atoms with Crippen molar-refractivity contribution in [2.75, 3.05) is 18.1 Å². The molecular weight excluding hydrogens is 270 g/mol. The van der Waals surface area contributed by atoms with Gasteiger partial charge in [-0.2, -0.15) is 23.1 Å². The lowest BCUT2D eigenvalue weighted by Gasteiger charge is -2.34. The van der Waals surface area contributed by atoms with E-state index in [0.29, 0.717) is 13.0 Å². The molecule has 1 aliphatic rings. The van der Waals surface area contributed by atoms with Crippen molar-refractivity contribution in [1.82, 2.24) is 4.90 Å². The lowest BCUT2D eigenvalue weighted by molar-refractivity contribution is -0.140. The summed E-state index contributed by atoms with van der Waals surface area (Å²) < 4.78 is 0. The third kappa shape index (κ3) is 3.49. The van der Waals surface area contributed by atoms with E-state index < -0.39 is 5.97 Å². The summed E-state index contributed by atoms with van der Waals surface area (Å²) in [6.45, 7) is 0.658. The summed E-state index contributed by atoms with van der Waals surface area (Å²) in [5, 5.41) is 12.8. The number of amides is 1. The standard InChI is InChI=1S/C12H15NO3S2/c14-11(5-9-1-3-17-7-9)13-2-4-18-8-10(13)6-12(15)16/h1,3,7,10H,2,4-6,8H2,(H,15,16). The lowest BCUT2D eigenvalue weighted by atomic mass is 10.1. The minimum atomic E-state index is -0.837. The Morgan fingerprint density at radius 3 is 3.00 bits per heavy atom. The normalized spacial score (nSPS) is 19.8. The summed E-state index contributed by atoms with van der Waals surface area (Å²) in [4.78, 5) is 24.7. The number of carbonyl (C=O) groups is 2.